The van der Waals surface area contributed by atoms with E-state index in [2.05, 4.69) is 4.98 Å². The Morgan fingerprint density at radius 2 is 1.72 bits per heavy atom. The first-order valence-electron chi connectivity index (χ1n) is 8.21. The lowest BCUT2D eigenvalue weighted by atomic mass is 10.2. The number of hydrogen-bond donors (Lipinski definition) is 0. The fraction of sp³-hybridized carbons (Fsp3) is 0.294. The fourth-order valence-electron chi connectivity index (χ4n) is 2.86. The number of nitrogens with zero attached hydrogens (tertiary/aromatic N) is 4. The van der Waals surface area contributed by atoms with Crippen LogP contribution in [0.25, 0.3) is 0 Å². The van der Waals surface area contributed by atoms with E-state index in [1.807, 2.05) is 6.07 Å². The Morgan fingerprint density at radius 1 is 1.07 bits per heavy atom. The van der Waals surface area contributed by atoms with Gasteiger partial charge in [0, 0.05) is 32.4 Å². The van der Waals surface area contributed by atoms with Gasteiger partial charge in [0.1, 0.15) is 11.9 Å². The maximum atomic E-state index is 12.8. The van der Waals surface area contributed by atoms with Crippen LogP contribution in [0.4, 0.5) is 19.0 Å². The van der Waals surface area contributed by atoms with Crippen LogP contribution >= 0.6 is 23.2 Å². The second-order valence-electron chi connectivity index (χ2n) is 6.17. The van der Waals surface area contributed by atoms with E-state index in [0.29, 0.717) is 6.20 Å². The first-order valence-corrected chi connectivity index (χ1v) is 10.4. The third kappa shape index (κ3) is 4.43. The van der Waals surface area contributed by atoms with Crippen LogP contribution in [0, 0.1) is 11.3 Å². The molecule has 0 aliphatic carbocycles. The number of piperazine rings is 1. The minimum Gasteiger partial charge on any atom is -0.353 e. The molecule has 2 heterocycles. The Kier molecular flexibility index (Phi) is 5.96. The van der Waals surface area contributed by atoms with Gasteiger partial charge in [0.25, 0.3) is 0 Å². The SMILES string of the molecule is N#Cc1cc(S(=O)(=O)N2CCN(c3ncc(C(F)(F)F)cc3Cl)CC2)ccc1Cl. The van der Waals surface area contributed by atoms with Crippen molar-refractivity contribution in [1.82, 2.24) is 9.29 Å². The molecule has 154 valence electrons. The molecule has 0 N–H and O–H groups in total. The fourth-order valence-corrected chi connectivity index (χ4v) is 4.75. The Bertz CT molecular complexity index is 1080. The van der Waals surface area contributed by atoms with Gasteiger partial charge in [-0.2, -0.15) is 22.7 Å². The van der Waals surface area contributed by atoms with Gasteiger partial charge in [0.2, 0.25) is 10.0 Å². The second kappa shape index (κ2) is 7.99. The second-order valence-corrected chi connectivity index (χ2v) is 8.92. The molecule has 0 atom stereocenters. The highest BCUT2D eigenvalue weighted by molar-refractivity contribution is 7.89. The van der Waals surface area contributed by atoms with Gasteiger partial charge in [-0.05, 0) is 24.3 Å². The molecule has 3 rings (SSSR count). The van der Waals surface area contributed by atoms with Crippen LogP contribution in [-0.4, -0.2) is 43.9 Å². The van der Waals surface area contributed by atoms with E-state index in [1.165, 1.54) is 22.5 Å². The van der Waals surface area contributed by atoms with Crippen molar-refractivity contribution < 1.29 is 21.6 Å². The molecule has 2 aromatic rings. The highest BCUT2D eigenvalue weighted by Gasteiger charge is 2.33. The summed E-state index contributed by atoms with van der Waals surface area (Å²) in [5.74, 6) is 0.162. The van der Waals surface area contributed by atoms with Gasteiger partial charge in [-0.15, -0.1) is 0 Å². The molecule has 0 bridgehead atoms. The molecule has 0 spiro atoms. The Morgan fingerprint density at radius 3 is 2.28 bits per heavy atom. The van der Waals surface area contributed by atoms with Gasteiger partial charge in [0.05, 0.1) is 26.1 Å². The van der Waals surface area contributed by atoms with Gasteiger partial charge < -0.3 is 4.90 Å². The van der Waals surface area contributed by atoms with E-state index in [0.717, 1.165) is 6.07 Å². The molecular formula is C17H13Cl2F3N4O2S. The summed E-state index contributed by atoms with van der Waals surface area (Å²) in [5.41, 5.74) is -0.907. The molecule has 1 aromatic carbocycles. The van der Waals surface area contributed by atoms with Crippen molar-refractivity contribution in [2.24, 2.45) is 0 Å². The number of rotatable bonds is 3. The first-order chi connectivity index (χ1) is 13.5. The topological polar surface area (TPSA) is 77.3 Å². The molecule has 1 aromatic heterocycles. The molecule has 29 heavy (non-hydrogen) atoms. The van der Waals surface area contributed by atoms with Gasteiger partial charge in [0.15, 0.2) is 0 Å². The van der Waals surface area contributed by atoms with E-state index >= 15 is 0 Å². The minimum absolute atomic E-state index is 0.0483. The first kappa shape index (κ1) is 21.6. The molecule has 1 fully saturated rings. The summed E-state index contributed by atoms with van der Waals surface area (Å²) in [7, 11) is -3.86. The predicted molar refractivity (Wildman–Crippen MR) is 101 cm³/mol. The van der Waals surface area contributed by atoms with Gasteiger partial charge in [-0.1, -0.05) is 23.2 Å². The number of benzene rings is 1. The number of sulfonamides is 1. The van der Waals surface area contributed by atoms with Crippen molar-refractivity contribution in [3.8, 4) is 6.07 Å². The zero-order chi connectivity index (χ0) is 21.4. The Labute approximate surface area is 175 Å². The zero-order valence-electron chi connectivity index (χ0n) is 14.6. The summed E-state index contributed by atoms with van der Waals surface area (Å²) in [6.45, 7) is 0.532. The molecule has 1 saturated heterocycles. The molecular weight excluding hydrogens is 452 g/mol. The van der Waals surface area contributed by atoms with E-state index in [9.17, 15) is 21.6 Å². The summed E-state index contributed by atoms with van der Waals surface area (Å²) in [6.07, 6.45) is -3.86. The van der Waals surface area contributed by atoms with Gasteiger partial charge in [-0.25, -0.2) is 13.4 Å². The largest absolute Gasteiger partial charge is 0.417 e. The standard InChI is InChI=1S/C17H13Cl2F3N4O2S/c18-14-2-1-13(7-11(14)9-23)29(27,28)26-5-3-25(4-6-26)16-15(19)8-12(10-24-16)17(20,21)22/h1-2,7-8,10H,3-6H2. The zero-order valence-corrected chi connectivity index (χ0v) is 16.9. The van der Waals surface area contributed by atoms with Crippen LogP contribution < -0.4 is 4.90 Å². The highest BCUT2D eigenvalue weighted by Crippen LogP contribution is 2.34. The average Bonchev–Trinajstić information content (AvgIpc) is 2.67. The molecule has 12 heteroatoms. The quantitative estimate of drug-likeness (QED) is 0.690. The summed E-state index contributed by atoms with van der Waals surface area (Å²) in [6, 6.07) is 6.50. The highest BCUT2D eigenvalue weighted by atomic mass is 35.5. The Balaban J connectivity index is 1.76. The van der Waals surface area contributed by atoms with Crippen molar-refractivity contribution in [2.75, 3.05) is 31.1 Å². The van der Waals surface area contributed by atoms with Crippen LogP contribution in [0.15, 0.2) is 35.4 Å². The van der Waals surface area contributed by atoms with Gasteiger partial charge >= 0.3 is 6.18 Å². The number of halogens is 5. The lowest BCUT2D eigenvalue weighted by Gasteiger charge is -2.35. The smallest absolute Gasteiger partial charge is 0.353 e. The average molecular weight is 465 g/mol. The molecule has 0 amide bonds. The number of nitriles is 1. The summed E-state index contributed by atoms with van der Waals surface area (Å²) < 4.78 is 65.1. The van der Waals surface area contributed by atoms with E-state index < -0.39 is 21.8 Å². The number of alkyl halides is 3. The van der Waals surface area contributed by atoms with Crippen LogP contribution in [0.5, 0.6) is 0 Å². The maximum Gasteiger partial charge on any atom is 0.417 e. The summed E-state index contributed by atoms with van der Waals surface area (Å²) in [4.78, 5) is 5.37. The van der Waals surface area contributed by atoms with E-state index in [1.54, 1.807) is 4.90 Å². The van der Waals surface area contributed by atoms with Crippen LogP contribution in [0.2, 0.25) is 10.0 Å². The molecule has 0 unspecified atom stereocenters. The molecule has 1 aliphatic rings. The van der Waals surface area contributed by atoms with Crippen LogP contribution in [0.1, 0.15) is 11.1 Å². The van der Waals surface area contributed by atoms with E-state index in [4.69, 9.17) is 28.5 Å². The third-order valence-electron chi connectivity index (χ3n) is 4.38. The summed E-state index contributed by atoms with van der Waals surface area (Å²) in [5, 5.41) is 9.03. The molecule has 1 aliphatic heterocycles. The maximum absolute atomic E-state index is 12.8. The van der Waals surface area contributed by atoms with E-state index in [-0.39, 0.29) is 52.5 Å². The minimum atomic E-state index is -4.55. The molecule has 0 radical (unpaired) electrons. The predicted octanol–water partition coefficient (Wildman–Crippen LogP) is 3.79. The normalized spacial score (nSPS) is 15.9. The number of aromatic nitrogens is 1. The number of anilines is 1. The number of pyridine rings is 1. The van der Waals surface area contributed by atoms with Crippen LogP contribution in [-0.2, 0) is 16.2 Å². The summed E-state index contributed by atoms with van der Waals surface area (Å²) >= 11 is 11.8. The third-order valence-corrected chi connectivity index (χ3v) is 6.89. The monoisotopic (exact) mass is 464 g/mol. The van der Waals surface area contributed by atoms with Crippen molar-refractivity contribution in [2.45, 2.75) is 11.1 Å². The van der Waals surface area contributed by atoms with Crippen molar-refractivity contribution in [3.05, 3.63) is 51.6 Å². The lowest BCUT2D eigenvalue weighted by molar-refractivity contribution is -0.137. The molecule has 6 nitrogen and oxygen atoms in total. The Hall–Kier alpha value is -2.06. The molecule has 0 saturated carbocycles. The van der Waals surface area contributed by atoms with Crippen molar-refractivity contribution in [3.63, 3.8) is 0 Å². The van der Waals surface area contributed by atoms with Crippen molar-refractivity contribution in [1.29, 1.82) is 5.26 Å². The van der Waals surface area contributed by atoms with Gasteiger partial charge in [-0.3, -0.25) is 0 Å². The lowest BCUT2D eigenvalue weighted by Crippen LogP contribution is -2.49. The van der Waals surface area contributed by atoms with Crippen molar-refractivity contribution >= 4 is 39.0 Å². The van der Waals surface area contributed by atoms with Crippen LogP contribution in [0.3, 0.4) is 0 Å². The number of hydrogen-bond acceptors (Lipinski definition) is 5.